The van der Waals surface area contributed by atoms with Crippen molar-refractivity contribution in [3.05, 3.63) is 60.0 Å². The maximum Gasteiger partial charge on any atom is 0.414 e. The molecule has 0 saturated carbocycles. The van der Waals surface area contributed by atoms with Gasteiger partial charge < -0.3 is 20.1 Å². The number of amides is 3. The quantitative estimate of drug-likeness (QED) is 0.840. The van der Waals surface area contributed by atoms with Crippen LogP contribution in [0.2, 0.25) is 0 Å². The van der Waals surface area contributed by atoms with Crippen LogP contribution in [-0.2, 0) is 4.74 Å². The average molecular weight is 384 g/mol. The van der Waals surface area contributed by atoms with E-state index in [0.717, 1.165) is 5.69 Å². The highest BCUT2D eigenvalue weighted by Crippen LogP contribution is 2.30. The Morgan fingerprint density at radius 2 is 2.11 bits per heavy atom. The van der Waals surface area contributed by atoms with E-state index in [1.165, 1.54) is 29.3 Å². The molecule has 3 amide bonds. The van der Waals surface area contributed by atoms with E-state index >= 15 is 0 Å². The Labute approximate surface area is 160 Å². The van der Waals surface area contributed by atoms with Crippen molar-refractivity contribution in [1.82, 2.24) is 9.88 Å². The highest BCUT2D eigenvalue weighted by molar-refractivity contribution is 5.99. The summed E-state index contributed by atoms with van der Waals surface area (Å²) in [6.07, 6.45) is 3.13. The van der Waals surface area contributed by atoms with Gasteiger partial charge in [0.25, 0.3) is 0 Å². The third-order valence-corrected chi connectivity index (χ3v) is 4.27. The minimum absolute atomic E-state index is 0.0949. The van der Waals surface area contributed by atoms with Crippen molar-refractivity contribution in [2.45, 2.75) is 19.4 Å². The van der Waals surface area contributed by atoms with E-state index < -0.39 is 17.9 Å². The van der Waals surface area contributed by atoms with Crippen LogP contribution in [-0.4, -0.2) is 34.7 Å². The number of hydrogen-bond acceptors (Lipinski definition) is 5. The van der Waals surface area contributed by atoms with Crippen molar-refractivity contribution in [2.24, 2.45) is 0 Å². The van der Waals surface area contributed by atoms with Crippen molar-refractivity contribution < 1.29 is 23.5 Å². The first kappa shape index (κ1) is 17.8. The second kappa shape index (κ2) is 7.18. The molecule has 2 N–H and O–H groups in total. The van der Waals surface area contributed by atoms with Crippen LogP contribution in [0.3, 0.4) is 0 Å². The second-order valence-corrected chi connectivity index (χ2v) is 6.48. The number of cyclic esters (lactones) is 1. The SMILES string of the molecule is Cc1ccc(NC(=O)Nc2cc(F)cc(OC3=CN4C(=O)OC[C@H]4C3)c2)cn1. The van der Waals surface area contributed by atoms with Crippen LogP contribution in [0.4, 0.5) is 25.4 Å². The largest absolute Gasteiger partial charge is 0.460 e. The lowest BCUT2D eigenvalue weighted by Gasteiger charge is -2.11. The van der Waals surface area contributed by atoms with Crippen molar-refractivity contribution in [1.29, 1.82) is 0 Å². The van der Waals surface area contributed by atoms with Crippen LogP contribution >= 0.6 is 0 Å². The first-order valence-electron chi connectivity index (χ1n) is 8.61. The molecule has 2 aliphatic rings. The Morgan fingerprint density at radius 3 is 2.86 bits per heavy atom. The smallest absolute Gasteiger partial charge is 0.414 e. The predicted molar refractivity (Wildman–Crippen MR) is 98.3 cm³/mol. The van der Waals surface area contributed by atoms with Crippen molar-refractivity contribution in [3.8, 4) is 5.75 Å². The number of aromatic nitrogens is 1. The topological polar surface area (TPSA) is 92.8 Å². The van der Waals surface area contributed by atoms with Crippen molar-refractivity contribution in [2.75, 3.05) is 17.2 Å². The van der Waals surface area contributed by atoms with Gasteiger partial charge in [-0.25, -0.2) is 14.0 Å². The molecule has 0 aliphatic carbocycles. The molecule has 2 aliphatic heterocycles. The van der Waals surface area contributed by atoms with E-state index in [1.54, 1.807) is 18.3 Å². The van der Waals surface area contributed by atoms with Gasteiger partial charge in [0, 0.05) is 36.1 Å². The normalized spacial score (nSPS) is 17.6. The molecular weight excluding hydrogens is 367 g/mol. The summed E-state index contributed by atoms with van der Waals surface area (Å²) in [7, 11) is 0. The van der Waals surface area contributed by atoms with E-state index in [9.17, 15) is 14.0 Å². The van der Waals surface area contributed by atoms with Crippen LogP contribution in [0.15, 0.2) is 48.5 Å². The zero-order chi connectivity index (χ0) is 19.7. The fourth-order valence-corrected chi connectivity index (χ4v) is 2.98. The van der Waals surface area contributed by atoms with Gasteiger partial charge in [-0.1, -0.05) is 0 Å². The van der Waals surface area contributed by atoms with Gasteiger partial charge in [0.2, 0.25) is 0 Å². The molecule has 0 spiro atoms. The number of carbonyl (C=O) groups excluding carboxylic acids is 2. The van der Waals surface area contributed by atoms with Gasteiger partial charge in [-0.2, -0.15) is 0 Å². The van der Waals surface area contributed by atoms with Crippen molar-refractivity contribution in [3.63, 3.8) is 0 Å². The number of nitrogens with zero attached hydrogens (tertiary/aromatic N) is 2. The predicted octanol–water partition coefficient (Wildman–Crippen LogP) is 3.62. The lowest BCUT2D eigenvalue weighted by Crippen LogP contribution is -2.23. The van der Waals surface area contributed by atoms with E-state index in [2.05, 4.69) is 15.6 Å². The number of carbonyl (C=O) groups is 2. The molecule has 28 heavy (non-hydrogen) atoms. The lowest BCUT2D eigenvalue weighted by atomic mass is 10.2. The van der Waals surface area contributed by atoms with Crippen LogP contribution in [0.25, 0.3) is 0 Å². The standard InChI is InChI=1S/C19H17FN4O4/c1-11-2-3-13(8-21-11)22-18(25)23-14-4-12(20)5-16(6-14)28-17-7-15-10-27-19(26)24(15)9-17/h2-6,8-9,15H,7,10H2,1H3,(H2,22,23,25)/t15-/m1/s1. The Bertz CT molecular complexity index is 961. The molecule has 1 saturated heterocycles. The van der Waals surface area contributed by atoms with Crippen LogP contribution in [0.5, 0.6) is 5.75 Å². The van der Waals surface area contributed by atoms with E-state index in [-0.39, 0.29) is 17.5 Å². The Kier molecular flexibility index (Phi) is 4.56. The van der Waals surface area contributed by atoms with Gasteiger partial charge in [0.1, 0.15) is 23.9 Å². The number of hydrogen-bond donors (Lipinski definition) is 2. The first-order chi connectivity index (χ1) is 13.5. The number of nitrogens with one attached hydrogen (secondary N) is 2. The molecule has 3 heterocycles. The van der Waals surface area contributed by atoms with Crippen LogP contribution in [0.1, 0.15) is 12.1 Å². The van der Waals surface area contributed by atoms with Gasteiger partial charge in [0.05, 0.1) is 17.9 Å². The lowest BCUT2D eigenvalue weighted by molar-refractivity contribution is 0.165. The summed E-state index contributed by atoms with van der Waals surface area (Å²) < 4.78 is 24.6. The summed E-state index contributed by atoms with van der Waals surface area (Å²) in [5.41, 5.74) is 1.57. The first-order valence-corrected chi connectivity index (χ1v) is 8.61. The maximum atomic E-state index is 14.0. The fraction of sp³-hybridized carbons (Fsp3) is 0.211. The minimum Gasteiger partial charge on any atom is -0.460 e. The summed E-state index contributed by atoms with van der Waals surface area (Å²) in [5.74, 6) is 0.171. The maximum absolute atomic E-state index is 14.0. The van der Waals surface area contributed by atoms with Gasteiger partial charge >= 0.3 is 12.1 Å². The molecule has 1 fully saturated rings. The van der Waals surface area contributed by atoms with Crippen molar-refractivity contribution >= 4 is 23.5 Å². The van der Waals surface area contributed by atoms with Crippen LogP contribution in [0, 0.1) is 12.7 Å². The highest BCUT2D eigenvalue weighted by atomic mass is 19.1. The Morgan fingerprint density at radius 1 is 1.29 bits per heavy atom. The molecule has 2 aromatic rings. The summed E-state index contributed by atoms with van der Waals surface area (Å²) in [6.45, 7) is 2.14. The van der Waals surface area contributed by atoms with E-state index in [4.69, 9.17) is 9.47 Å². The zero-order valence-electron chi connectivity index (χ0n) is 14.9. The molecule has 8 nitrogen and oxygen atoms in total. The summed E-state index contributed by atoms with van der Waals surface area (Å²) >= 11 is 0. The number of rotatable bonds is 4. The van der Waals surface area contributed by atoms with E-state index in [1.807, 2.05) is 6.92 Å². The zero-order valence-corrected chi connectivity index (χ0v) is 14.9. The molecule has 0 unspecified atom stereocenters. The number of ether oxygens (including phenoxy) is 2. The number of aryl methyl sites for hydroxylation is 1. The van der Waals surface area contributed by atoms with Gasteiger partial charge in [-0.15, -0.1) is 0 Å². The number of urea groups is 1. The third-order valence-electron chi connectivity index (χ3n) is 4.27. The van der Waals surface area contributed by atoms with Gasteiger partial charge in [-0.05, 0) is 25.1 Å². The number of fused-ring (bicyclic) bond motifs is 1. The molecule has 0 bridgehead atoms. The second-order valence-electron chi connectivity index (χ2n) is 6.48. The molecule has 4 rings (SSSR count). The molecular formula is C19H17FN4O4. The summed E-state index contributed by atoms with van der Waals surface area (Å²) in [5, 5.41) is 5.17. The van der Waals surface area contributed by atoms with Gasteiger partial charge in [-0.3, -0.25) is 9.88 Å². The third kappa shape index (κ3) is 3.88. The number of anilines is 2. The summed E-state index contributed by atoms with van der Waals surface area (Å²) in [4.78, 5) is 29.2. The average Bonchev–Trinajstić information content (AvgIpc) is 3.18. The monoisotopic (exact) mass is 384 g/mol. The number of benzene rings is 1. The molecule has 0 radical (unpaired) electrons. The van der Waals surface area contributed by atoms with E-state index in [0.29, 0.717) is 24.5 Å². The molecule has 1 aromatic heterocycles. The number of halogens is 1. The Hall–Kier alpha value is -3.62. The highest BCUT2D eigenvalue weighted by Gasteiger charge is 2.37. The minimum atomic E-state index is -0.566. The molecule has 1 aromatic carbocycles. The van der Waals surface area contributed by atoms with Gasteiger partial charge in [0.15, 0.2) is 0 Å². The van der Waals surface area contributed by atoms with Crippen LogP contribution < -0.4 is 15.4 Å². The molecule has 9 heteroatoms. The molecule has 1 atom stereocenters. The molecule has 144 valence electrons. The number of pyridine rings is 1. The Balaban J connectivity index is 1.42. The summed E-state index contributed by atoms with van der Waals surface area (Å²) in [6, 6.07) is 6.73. The fourth-order valence-electron chi connectivity index (χ4n) is 2.98.